The summed E-state index contributed by atoms with van der Waals surface area (Å²) in [6.07, 6.45) is 3.88. The molecule has 0 saturated carbocycles. The van der Waals surface area contributed by atoms with Crippen molar-refractivity contribution in [2.24, 2.45) is 0 Å². The van der Waals surface area contributed by atoms with Crippen molar-refractivity contribution in [3.05, 3.63) is 90.5 Å². The highest BCUT2D eigenvalue weighted by atomic mass is 16.5. The minimum Gasteiger partial charge on any atom is -0.504 e. The van der Waals surface area contributed by atoms with Crippen LogP contribution in [0.25, 0.3) is 6.08 Å². The first kappa shape index (κ1) is 18.1. The lowest BCUT2D eigenvalue weighted by Crippen LogP contribution is -1.83. The first-order valence-electron chi connectivity index (χ1n) is 8.00. The van der Waals surface area contributed by atoms with Crippen LogP contribution >= 0.6 is 0 Å². The minimum atomic E-state index is 0.172. The van der Waals surface area contributed by atoms with Gasteiger partial charge in [0.15, 0.2) is 11.5 Å². The number of phenols is 1. The molecule has 0 aromatic heterocycles. The van der Waals surface area contributed by atoms with E-state index in [1.54, 1.807) is 12.1 Å². The van der Waals surface area contributed by atoms with Crippen molar-refractivity contribution >= 4 is 6.08 Å². The van der Waals surface area contributed by atoms with Gasteiger partial charge in [-0.3, -0.25) is 0 Å². The number of allylic oxidation sites excluding steroid dienone is 1. The minimum absolute atomic E-state index is 0.172. The van der Waals surface area contributed by atoms with Crippen molar-refractivity contribution in [1.29, 1.82) is 0 Å². The van der Waals surface area contributed by atoms with E-state index in [2.05, 4.69) is 0 Å². The molecule has 0 saturated heterocycles. The third-order valence-corrected chi connectivity index (χ3v) is 3.29. The van der Waals surface area contributed by atoms with Gasteiger partial charge in [-0.15, -0.1) is 0 Å². The number of hydrogen-bond donors (Lipinski definition) is 1. The first-order valence-corrected chi connectivity index (χ1v) is 8.00. The van der Waals surface area contributed by atoms with E-state index < -0.39 is 0 Å². The Hall–Kier alpha value is -3.20. The average Bonchev–Trinajstić information content (AvgIpc) is 2.66. The van der Waals surface area contributed by atoms with E-state index in [0.717, 1.165) is 17.1 Å². The fourth-order valence-electron chi connectivity index (χ4n) is 2.10. The summed E-state index contributed by atoms with van der Waals surface area (Å²) in [4.78, 5) is 0. The van der Waals surface area contributed by atoms with Crippen molar-refractivity contribution in [1.82, 2.24) is 0 Å². The highest BCUT2D eigenvalue weighted by Crippen LogP contribution is 2.26. The van der Waals surface area contributed by atoms with Gasteiger partial charge < -0.3 is 14.6 Å². The fourth-order valence-corrected chi connectivity index (χ4v) is 2.10. The maximum atomic E-state index is 9.25. The van der Waals surface area contributed by atoms with Crippen molar-refractivity contribution in [2.45, 2.75) is 6.92 Å². The molecule has 25 heavy (non-hydrogen) atoms. The van der Waals surface area contributed by atoms with Gasteiger partial charge in [0.05, 0.1) is 7.11 Å². The summed E-state index contributed by atoms with van der Waals surface area (Å²) in [5.74, 6) is 2.42. The maximum absolute atomic E-state index is 9.25. The number of hydrogen-bond acceptors (Lipinski definition) is 3. The lowest BCUT2D eigenvalue weighted by atomic mass is 10.2. The molecular weight excluding hydrogens is 312 g/mol. The van der Waals surface area contributed by atoms with E-state index >= 15 is 0 Å². The molecule has 3 nitrogen and oxygen atoms in total. The van der Waals surface area contributed by atoms with E-state index in [4.69, 9.17) is 9.47 Å². The van der Waals surface area contributed by atoms with Crippen LogP contribution in [-0.4, -0.2) is 12.2 Å². The van der Waals surface area contributed by atoms with Crippen LogP contribution in [0, 0.1) is 0 Å². The summed E-state index contributed by atoms with van der Waals surface area (Å²) in [6, 6.07) is 24.8. The van der Waals surface area contributed by atoms with Crippen LogP contribution in [0.4, 0.5) is 0 Å². The quantitative estimate of drug-likeness (QED) is 0.644. The third-order valence-electron chi connectivity index (χ3n) is 3.29. The zero-order chi connectivity index (χ0) is 17.9. The van der Waals surface area contributed by atoms with E-state index in [9.17, 15) is 5.11 Å². The molecule has 128 valence electrons. The van der Waals surface area contributed by atoms with E-state index in [0.29, 0.717) is 5.75 Å². The number of ether oxygens (including phenoxy) is 2. The molecule has 3 aromatic carbocycles. The lowest BCUT2D eigenvalue weighted by Gasteiger charge is -2.03. The molecule has 0 heterocycles. The van der Waals surface area contributed by atoms with Gasteiger partial charge in [0.25, 0.3) is 0 Å². The van der Waals surface area contributed by atoms with Crippen LogP contribution in [0.2, 0.25) is 0 Å². The molecule has 0 unspecified atom stereocenters. The van der Waals surface area contributed by atoms with Crippen LogP contribution in [0.15, 0.2) is 84.9 Å². The van der Waals surface area contributed by atoms with Gasteiger partial charge in [0.2, 0.25) is 0 Å². The Morgan fingerprint density at radius 1 is 0.800 bits per heavy atom. The highest BCUT2D eigenvalue weighted by Gasteiger charge is 1.99. The topological polar surface area (TPSA) is 38.7 Å². The number of para-hydroxylation sites is 2. The van der Waals surface area contributed by atoms with Gasteiger partial charge in [-0.1, -0.05) is 54.6 Å². The molecular formula is C22H22O3. The summed E-state index contributed by atoms with van der Waals surface area (Å²) in [6.45, 7) is 1.94. The predicted octanol–water partition coefficient (Wildman–Crippen LogP) is 5.91. The third kappa shape index (κ3) is 6.07. The zero-order valence-electron chi connectivity index (χ0n) is 14.4. The molecule has 0 bridgehead atoms. The SMILES string of the molecule is CC=Cc1ccc(O)c(OC)c1.c1ccc(Oc2ccccc2)cc1. The van der Waals surface area contributed by atoms with Gasteiger partial charge in [0.1, 0.15) is 11.5 Å². The number of phenolic OH excluding ortho intramolecular Hbond substituents is 1. The fraction of sp³-hybridized carbons (Fsp3) is 0.0909. The van der Waals surface area contributed by atoms with Crippen LogP contribution in [0.3, 0.4) is 0 Å². The summed E-state index contributed by atoms with van der Waals surface area (Å²) in [5.41, 5.74) is 1.02. The molecule has 3 aromatic rings. The standard InChI is InChI=1S/C12H10O.C10H12O2/c1-3-7-11(8-4-1)13-12-9-5-2-6-10-12;1-3-4-8-5-6-9(11)10(7-8)12-2/h1-10H;3-7,11H,1-2H3. The normalized spacial score (nSPS) is 10.0. The second-order valence-corrected chi connectivity index (χ2v) is 5.16. The van der Waals surface area contributed by atoms with Crippen LogP contribution < -0.4 is 9.47 Å². The molecule has 1 N–H and O–H groups in total. The molecule has 0 amide bonds. The van der Waals surface area contributed by atoms with Gasteiger partial charge in [0, 0.05) is 0 Å². The Labute approximate surface area is 148 Å². The molecule has 3 rings (SSSR count). The molecule has 0 aliphatic rings. The van der Waals surface area contributed by atoms with Crippen LogP contribution in [0.1, 0.15) is 12.5 Å². The van der Waals surface area contributed by atoms with Crippen molar-refractivity contribution in [3.8, 4) is 23.0 Å². The zero-order valence-corrected chi connectivity index (χ0v) is 14.4. The smallest absolute Gasteiger partial charge is 0.161 e. The predicted molar refractivity (Wildman–Crippen MR) is 102 cm³/mol. The Morgan fingerprint density at radius 2 is 1.36 bits per heavy atom. The number of rotatable bonds is 4. The molecule has 3 heteroatoms. The van der Waals surface area contributed by atoms with E-state index in [1.165, 1.54) is 7.11 Å². The Kier molecular flexibility index (Phi) is 7.13. The number of aromatic hydroxyl groups is 1. The van der Waals surface area contributed by atoms with Crippen molar-refractivity contribution < 1.29 is 14.6 Å². The summed E-state index contributed by atoms with van der Waals surface area (Å²) in [5, 5.41) is 9.25. The molecule has 0 radical (unpaired) electrons. The summed E-state index contributed by atoms with van der Waals surface area (Å²) >= 11 is 0. The molecule has 0 fully saturated rings. The lowest BCUT2D eigenvalue weighted by molar-refractivity contribution is 0.373. The first-order chi connectivity index (χ1) is 12.2. The van der Waals surface area contributed by atoms with Crippen molar-refractivity contribution in [3.63, 3.8) is 0 Å². The number of benzene rings is 3. The monoisotopic (exact) mass is 334 g/mol. The second kappa shape index (κ2) is 9.83. The van der Waals surface area contributed by atoms with Crippen LogP contribution in [-0.2, 0) is 0 Å². The summed E-state index contributed by atoms with van der Waals surface area (Å²) < 4.78 is 10.5. The van der Waals surface area contributed by atoms with Gasteiger partial charge in [-0.2, -0.15) is 0 Å². The van der Waals surface area contributed by atoms with Gasteiger partial charge in [-0.05, 0) is 48.9 Å². The average molecular weight is 334 g/mol. The summed E-state index contributed by atoms with van der Waals surface area (Å²) in [7, 11) is 1.54. The van der Waals surface area contributed by atoms with E-state index in [1.807, 2.05) is 85.8 Å². The van der Waals surface area contributed by atoms with Crippen LogP contribution in [0.5, 0.6) is 23.0 Å². The maximum Gasteiger partial charge on any atom is 0.161 e. The molecule has 0 aliphatic heterocycles. The van der Waals surface area contributed by atoms with Gasteiger partial charge in [-0.25, -0.2) is 0 Å². The van der Waals surface area contributed by atoms with E-state index in [-0.39, 0.29) is 5.75 Å². The molecule has 0 aliphatic carbocycles. The van der Waals surface area contributed by atoms with Crippen molar-refractivity contribution in [2.75, 3.05) is 7.11 Å². The Morgan fingerprint density at radius 3 is 1.84 bits per heavy atom. The Balaban J connectivity index is 0.000000181. The molecule has 0 spiro atoms. The second-order valence-electron chi connectivity index (χ2n) is 5.16. The Bertz CT molecular complexity index is 743. The largest absolute Gasteiger partial charge is 0.504 e. The highest BCUT2D eigenvalue weighted by molar-refractivity contribution is 5.55. The van der Waals surface area contributed by atoms with Gasteiger partial charge >= 0.3 is 0 Å². The number of methoxy groups -OCH3 is 1. The molecule has 0 atom stereocenters.